The first-order valence-corrected chi connectivity index (χ1v) is 9.05. The molecule has 1 aromatic rings. The highest BCUT2D eigenvalue weighted by Gasteiger charge is 2.33. The minimum atomic E-state index is -0.907. The average Bonchev–Trinajstić information content (AvgIpc) is 2.47. The van der Waals surface area contributed by atoms with E-state index in [2.05, 4.69) is 42.8 Å². The molecule has 3 nitrogen and oxygen atoms in total. The topological polar surface area (TPSA) is 46.5 Å². The van der Waals surface area contributed by atoms with Crippen molar-refractivity contribution in [3.8, 4) is 5.75 Å². The molecule has 0 radical (unpaired) electrons. The van der Waals surface area contributed by atoms with Gasteiger partial charge in [-0.2, -0.15) is 0 Å². The van der Waals surface area contributed by atoms with Crippen LogP contribution in [0.1, 0.15) is 62.4 Å². The highest BCUT2D eigenvalue weighted by Crippen LogP contribution is 2.47. The summed E-state index contributed by atoms with van der Waals surface area (Å²) in [5.74, 6) is 1.14. The first-order valence-electron chi connectivity index (χ1n) is 8.26. The average molecular weight is 379 g/mol. The second-order valence-electron chi connectivity index (χ2n) is 7.40. The number of rotatable bonds is 2. The van der Waals surface area contributed by atoms with Crippen molar-refractivity contribution < 1.29 is 14.6 Å². The molecule has 0 unspecified atom stereocenters. The molecule has 1 aromatic carbocycles. The Bertz CT molecular complexity index is 667. The SMILES string of the molecule is CC1CCC(C2=CC(C)(C)Oc3c(Br)cc(C(=O)O)cc32)CC1. The summed E-state index contributed by atoms with van der Waals surface area (Å²) in [5, 5.41) is 9.36. The van der Waals surface area contributed by atoms with Gasteiger partial charge in [-0.1, -0.05) is 19.8 Å². The Hall–Kier alpha value is -1.29. The molecular formula is C19H23BrO3. The molecule has 1 aliphatic carbocycles. The Labute approximate surface area is 145 Å². The molecule has 0 saturated heterocycles. The number of carboxylic acids is 1. The zero-order chi connectivity index (χ0) is 16.8. The van der Waals surface area contributed by atoms with Gasteiger partial charge in [0, 0.05) is 5.56 Å². The Morgan fingerprint density at radius 3 is 2.52 bits per heavy atom. The minimum Gasteiger partial charge on any atom is -0.482 e. The van der Waals surface area contributed by atoms with Crippen LogP contribution >= 0.6 is 15.9 Å². The fourth-order valence-electron chi connectivity index (χ4n) is 3.69. The van der Waals surface area contributed by atoms with E-state index >= 15 is 0 Å². The Balaban J connectivity index is 2.08. The number of carbonyl (C=O) groups is 1. The lowest BCUT2D eigenvalue weighted by atomic mass is 9.75. The van der Waals surface area contributed by atoms with Gasteiger partial charge in [-0.15, -0.1) is 0 Å². The second-order valence-corrected chi connectivity index (χ2v) is 8.26. The second kappa shape index (κ2) is 5.97. The number of benzene rings is 1. The molecule has 0 aromatic heterocycles. The third-order valence-electron chi connectivity index (χ3n) is 4.93. The van der Waals surface area contributed by atoms with E-state index < -0.39 is 5.97 Å². The summed E-state index contributed by atoms with van der Waals surface area (Å²) in [6, 6.07) is 3.39. The third kappa shape index (κ3) is 3.32. The highest BCUT2D eigenvalue weighted by atomic mass is 79.9. The van der Waals surface area contributed by atoms with E-state index in [1.807, 2.05) is 0 Å². The largest absolute Gasteiger partial charge is 0.482 e. The zero-order valence-electron chi connectivity index (χ0n) is 13.9. The van der Waals surface area contributed by atoms with E-state index in [0.717, 1.165) is 34.5 Å². The molecular weight excluding hydrogens is 356 g/mol. The quantitative estimate of drug-likeness (QED) is 0.735. The number of aromatic carboxylic acids is 1. The summed E-state index contributed by atoms with van der Waals surface area (Å²) < 4.78 is 6.83. The molecule has 1 fully saturated rings. The van der Waals surface area contributed by atoms with Crippen molar-refractivity contribution in [1.82, 2.24) is 0 Å². The number of halogens is 1. The van der Waals surface area contributed by atoms with Crippen LogP contribution in [0.5, 0.6) is 5.75 Å². The van der Waals surface area contributed by atoms with Gasteiger partial charge in [0.1, 0.15) is 11.4 Å². The van der Waals surface area contributed by atoms with Gasteiger partial charge in [-0.3, -0.25) is 0 Å². The van der Waals surface area contributed by atoms with E-state index in [1.165, 1.54) is 18.4 Å². The van der Waals surface area contributed by atoms with E-state index in [0.29, 0.717) is 11.5 Å². The monoisotopic (exact) mass is 378 g/mol. The van der Waals surface area contributed by atoms with Crippen molar-refractivity contribution in [3.63, 3.8) is 0 Å². The first-order chi connectivity index (χ1) is 10.8. The van der Waals surface area contributed by atoms with E-state index in [1.54, 1.807) is 12.1 Å². The van der Waals surface area contributed by atoms with Crippen LogP contribution in [-0.4, -0.2) is 16.7 Å². The van der Waals surface area contributed by atoms with E-state index in [-0.39, 0.29) is 5.60 Å². The molecule has 4 heteroatoms. The Kier molecular flexibility index (Phi) is 4.30. The lowest BCUT2D eigenvalue weighted by molar-refractivity contribution is 0.0696. The van der Waals surface area contributed by atoms with Crippen molar-refractivity contribution in [2.75, 3.05) is 0 Å². The Morgan fingerprint density at radius 2 is 1.91 bits per heavy atom. The number of hydrogen-bond acceptors (Lipinski definition) is 2. The van der Waals surface area contributed by atoms with Crippen molar-refractivity contribution in [3.05, 3.63) is 33.8 Å². The zero-order valence-corrected chi connectivity index (χ0v) is 15.4. The number of allylic oxidation sites excluding steroid dienone is 1. The standard InChI is InChI=1S/C19H23BrO3/c1-11-4-6-12(7-5-11)15-10-19(2,3)23-17-14(15)8-13(18(21)22)9-16(17)20/h8-12H,4-7H2,1-3H3,(H,21,22). The molecule has 1 N–H and O–H groups in total. The van der Waals surface area contributed by atoms with Gasteiger partial charge in [-0.05, 0) is 78.2 Å². The van der Waals surface area contributed by atoms with Crippen LogP contribution in [0.2, 0.25) is 0 Å². The lowest BCUT2D eigenvalue weighted by Crippen LogP contribution is -2.31. The third-order valence-corrected chi connectivity index (χ3v) is 5.51. The van der Waals surface area contributed by atoms with Crippen molar-refractivity contribution >= 4 is 27.5 Å². The molecule has 0 amide bonds. The summed E-state index contributed by atoms with van der Waals surface area (Å²) in [6.07, 6.45) is 6.99. The first kappa shape index (κ1) is 16.6. The van der Waals surface area contributed by atoms with Gasteiger partial charge in [0.15, 0.2) is 0 Å². The summed E-state index contributed by atoms with van der Waals surface area (Å²) in [4.78, 5) is 11.4. The smallest absolute Gasteiger partial charge is 0.335 e. The van der Waals surface area contributed by atoms with Gasteiger partial charge in [0.25, 0.3) is 0 Å². The fraction of sp³-hybridized carbons (Fsp3) is 0.526. The summed E-state index contributed by atoms with van der Waals surface area (Å²) >= 11 is 3.50. The van der Waals surface area contributed by atoms with E-state index in [9.17, 15) is 9.90 Å². The predicted molar refractivity (Wildman–Crippen MR) is 94.9 cm³/mol. The summed E-state index contributed by atoms with van der Waals surface area (Å²) in [7, 11) is 0. The van der Waals surface area contributed by atoms with Crippen LogP contribution in [0, 0.1) is 11.8 Å². The molecule has 1 heterocycles. The number of hydrogen-bond donors (Lipinski definition) is 1. The van der Waals surface area contributed by atoms with Crippen LogP contribution in [0.15, 0.2) is 22.7 Å². The highest BCUT2D eigenvalue weighted by molar-refractivity contribution is 9.10. The molecule has 3 rings (SSSR count). The van der Waals surface area contributed by atoms with Gasteiger partial charge in [0.2, 0.25) is 0 Å². The maximum Gasteiger partial charge on any atom is 0.335 e. The fourth-order valence-corrected chi connectivity index (χ4v) is 4.23. The predicted octanol–water partition coefficient (Wildman–Crippen LogP) is 5.53. The molecule has 124 valence electrons. The van der Waals surface area contributed by atoms with Gasteiger partial charge >= 0.3 is 5.97 Å². The number of fused-ring (bicyclic) bond motifs is 1. The molecule has 0 bridgehead atoms. The van der Waals surface area contributed by atoms with Gasteiger partial charge in [0.05, 0.1) is 10.0 Å². The molecule has 23 heavy (non-hydrogen) atoms. The lowest BCUT2D eigenvalue weighted by Gasteiger charge is -2.37. The maximum atomic E-state index is 11.4. The summed E-state index contributed by atoms with van der Waals surface area (Å²) in [6.45, 7) is 6.42. The van der Waals surface area contributed by atoms with Crippen molar-refractivity contribution in [2.45, 2.75) is 52.1 Å². The minimum absolute atomic E-state index is 0.300. The van der Waals surface area contributed by atoms with Gasteiger partial charge in [-0.25, -0.2) is 4.79 Å². The normalized spacial score (nSPS) is 26.0. The molecule has 0 spiro atoms. The maximum absolute atomic E-state index is 11.4. The number of ether oxygens (including phenoxy) is 1. The van der Waals surface area contributed by atoms with Crippen LogP contribution in [0.4, 0.5) is 0 Å². The molecule has 1 saturated carbocycles. The van der Waals surface area contributed by atoms with Crippen molar-refractivity contribution in [2.24, 2.45) is 11.8 Å². The van der Waals surface area contributed by atoms with E-state index in [4.69, 9.17) is 4.74 Å². The molecule has 1 aliphatic heterocycles. The summed E-state index contributed by atoms with van der Waals surface area (Å²) in [5.41, 5.74) is 2.12. The van der Waals surface area contributed by atoms with Crippen LogP contribution < -0.4 is 4.74 Å². The Morgan fingerprint density at radius 1 is 1.26 bits per heavy atom. The van der Waals surface area contributed by atoms with Crippen LogP contribution in [0.3, 0.4) is 0 Å². The molecule has 0 atom stereocenters. The molecule has 2 aliphatic rings. The van der Waals surface area contributed by atoms with Crippen LogP contribution in [0.25, 0.3) is 5.57 Å². The van der Waals surface area contributed by atoms with Crippen molar-refractivity contribution in [1.29, 1.82) is 0 Å². The van der Waals surface area contributed by atoms with Crippen LogP contribution in [-0.2, 0) is 0 Å². The van der Waals surface area contributed by atoms with Gasteiger partial charge < -0.3 is 9.84 Å². The number of carboxylic acid groups (broad SMARTS) is 1.